The van der Waals surface area contributed by atoms with E-state index in [1.165, 1.54) is 6.92 Å². The summed E-state index contributed by atoms with van der Waals surface area (Å²) in [6, 6.07) is -5.14. The zero-order valence-corrected chi connectivity index (χ0v) is 14.3. The molecule has 2 rings (SSSR count). The Labute approximate surface area is 169 Å². The summed E-state index contributed by atoms with van der Waals surface area (Å²) in [5.74, 6) is -2.25. The fourth-order valence-corrected chi connectivity index (χ4v) is 2.70. The third-order valence-corrected chi connectivity index (χ3v) is 4.38. The number of carbonyl (C=O) groups is 1. The molecule has 0 spiro atoms. The van der Waals surface area contributed by atoms with Crippen molar-refractivity contribution in [1.29, 1.82) is 0 Å². The number of sulfone groups is 1. The lowest BCUT2D eigenvalue weighted by molar-refractivity contribution is 0.0938. The van der Waals surface area contributed by atoms with Gasteiger partial charge in [0.25, 0.3) is 5.91 Å². The molecule has 1 atom stereocenters. The molecule has 1 fully saturated rings. The van der Waals surface area contributed by atoms with E-state index >= 15 is 0 Å². The van der Waals surface area contributed by atoms with Crippen molar-refractivity contribution in [2.24, 2.45) is 0 Å². The van der Waals surface area contributed by atoms with Gasteiger partial charge in [0, 0.05) is 35.1 Å². The summed E-state index contributed by atoms with van der Waals surface area (Å²) < 4.78 is 142. The minimum atomic E-state index is -5.67. The van der Waals surface area contributed by atoms with Crippen LogP contribution < -0.4 is 15.8 Å². The van der Waals surface area contributed by atoms with Crippen LogP contribution in [-0.2, 0) is 9.84 Å². The number of nitrogens with two attached hydrogens (primary N) is 1. The molecule has 7 nitrogen and oxygen atoms in total. The van der Waals surface area contributed by atoms with Crippen LogP contribution in [0.2, 0.25) is 0 Å². The number of likely N-dealkylation sites (tertiary alicyclic amines) is 1. The highest BCUT2D eigenvalue weighted by atomic mass is 32.2. The minimum absolute atomic E-state index is 0.371. The molecule has 25 heavy (non-hydrogen) atoms. The predicted molar refractivity (Wildman–Crippen MR) is 97.7 cm³/mol. The Morgan fingerprint density at radius 2 is 2.44 bits per heavy atom. The van der Waals surface area contributed by atoms with Crippen LogP contribution >= 0.6 is 0 Å². The Kier molecular flexibility index (Phi) is 2.52. The van der Waals surface area contributed by atoms with Crippen molar-refractivity contribution in [3.05, 3.63) is 17.6 Å². The number of benzene rings is 1. The van der Waals surface area contributed by atoms with Crippen molar-refractivity contribution >= 4 is 21.4 Å². The van der Waals surface area contributed by atoms with E-state index in [0.717, 1.165) is 7.11 Å². The molecule has 0 aliphatic carbocycles. The van der Waals surface area contributed by atoms with Gasteiger partial charge in [-0.3, -0.25) is 9.69 Å². The number of nitrogen functional groups attached to an aromatic ring is 1. The SMILES string of the molecule is [2H]c1c(N)c(S(=O)(=O)C([2H])([2H])C([2H])([2H])[2H])c([2H])c(C(=O)NCC2([2H])N(CC)C([2H])([2H])C([2H])([2H])C2([2H])[2H])c1OC. The zero-order chi connectivity index (χ0) is 30.9. The molecule has 8 heteroatoms. The number of nitrogens with one attached hydrogen (secondary N) is 1. The zero-order valence-electron chi connectivity index (χ0n) is 27.5. The highest BCUT2D eigenvalue weighted by Crippen LogP contribution is 2.29. The van der Waals surface area contributed by atoms with Crippen LogP contribution in [0.25, 0.3) is 0 Å². The predicted octanol–water partition coefficient (Wildman–Crippen LogP) is 1.29. The van der Waals surface area contributed by atoms with Gasteiger partial charge >= 0.3 is 0 Å². The van der Waals surface area contributed by atoms with Gasteiger partial charge in [-0.1, -0.05) is 13.8 Å². The highest BCUT2D eigenvalue weighted by molar-refractivity contribution is 7.91. The van der Waals surface area contributed by atoms with Gasteiger partial charge in [-0.05, 0) is 31.8 Å². The number of ether oxygens (including phenoxy) is 1. The fraction of sp³-hybridized carbons (Fsp3) is 0.588. The van der Waals surface area contributed by atoms with Gasteiger partial charge in [0.1, 0.15) is 5.75 Å². The van der Waals surface area contributed by atoms with E-state index in [0.29, 0.717) is 4.90 Å². The van der Waals surface area contributed by atoms with Gasteiger partial charge < -0.3 is 15.8 Å². The molecule has 0 aromatic heterocycles. The summed E-state index contributed by atoms with van der Waals surface area (Å²) in [5.41, 5.74) is -0.476. The van der Waals surface area contributed by atoms with Gasteiger partial charge in [-0.25, -0.2) is 8.42 Å². The number of carbonyl (C=O) groups excluding carboxylic acids is 1. The average Bonchev–Trinajstić information content (AvgIpc) is 2.85. The van der Waals surface area contributed by atoms with Crippen LogP contribution in [0, 0.1) is 0 Å². The molecule has 140 valence electrons. The first kappa shape index (κ1) is 7.84. The van der Waals surface area contributed by atoms with Crippen LogP contribution in [0.4, 0.5) is 5.69 Å². The van der Waals surface area contributed by atoms with E-state index in [1.54, 1.807) is 0 Å². The number of amides is 1. The van der Waals surface area contributed by atoms with Gasteiger partial charge in [0.2, 0.25) is 0 Å². The lowest BCUT2D eigenvalue weighted by Crippen LogP contribution is -2.40. The van der Waals surface area contributed by atoms with Gasteiger partial charge in [0.15, 0.2) is 9.84 Å². The van der Waals surface area contributed by atoms with Crippen LogP contribution in [0.15, 0.2) is 17.0 Å². The summed E-state index contributed by atoms with van der Waals surface area (Å²) in [7, 11) is -4.75. The number of rotatable bonds is 7. The normalized spacial score (nSPS) is 36.6. The molecule has 1 aromatic carbocycles. The number of nitrogens with zero attached hydrogens (tertiary/aromatic N) is 1. The number of methoxy groups -OCH3 is 1. The third kappa shape index (κ3) is 4.24. The Balaban J connectivity index is 2.72. The van der Waals surface area contributed by atoms with Crippen molar-refractivity contribution in [1.82, 2.24) is 10.2 Å². The Bertz CT molecular complexity index is 1280. The van der Waals surface area contributed by atoms with Gasteiger partial charge in [-0.15, -0.1) is 0 Å². The lowest BCUT2D eigenvalue weighted by atomic mass is 10.1. The molecule has 1 unspecified atom stereocenters. The first-order chi connectivity index (χ1) is 17.3. The van der Waals surface area contributed by atoms with Crippen molar-refractivity contribution < 1.29 is 37.1 Å². The van der Waals surface area contributed by atoms with E-state index in [2.05, 4.69) is 0 Å². The lowest BCUT2D eigenvalue weighted by Gasteiger charge is -2.23. The molecule has 0 saturated carbocycles. The molecule has 1 aliphatic rings. The largest absolute Gasteiger partial charge is 0.496 e. The third-order valence-electron chi connectivity index (χ3n) is 3.25. The van der Waals surface area contributed by atoms with Gasteiger partial charge in [0.05, 0.1) is 31.7 Å². The first-order valence-electron chi connectivity index (χ1n) is 14.0. The van der Waals surface area contributed by atoms with Crippen LogP contribution in [0.3, 0.4) is 0 Å². The molecular formula is C17H27N3O4S. The summed E-state index contributed by atoms with van der Waals surface area (Å²) in [6.07, 6.45) is -6.47. The second-order valence-electron chi connectivity index (χ2n) is 4.74. The van der Waals surface area contributed by atoms with E-state index < -0.39 is 94.1 Å². The average molecular weight is 384 g/mol. The van der Waals surface area contributed by atoms with Crippen molar-refractivity contribution in [3.63, 3.8) is 0 Å². The maximum absolute atomic E-state index is 13.2. The molecule has 1 aliphatic heterocycles. The smallest absolute Gasteiger partial charge is 0.255 e. The van der Waals surface area contributed by atoms with Crippen molar-refractivity contribution in [3.8, 4) is 5.75 Å². The first-order valence-corrected chi connectivity index (χ1v) is 8.51. The summed E-state index contributed by atoms with van der Waals surface area (Å²) >= 11 is 0. The standard InChI is InChI=1S/C17H27N3O4S/c1-4-20-8-6-7-12(20)11-19-17(21)13-9-16(25(22,23)5-2)14(18)10-15(13)24-3/h9-10,12H,4-8,11,18H2,1-3H3,(H,19,21)/i2D3,5D2,6D2,7D2,8D2,9D,10D,12D. The number of likely N-dealkylation sites (N-methyl/N-ethyl adjacent to an activating group) is 1. The monoisotopic (exact) mass is 383 g/mol. The topological polar surface area (TPSA) is 102 Å². The second-order valence-corrected chi connectivity index (χ2v) is 6.36. The molecule has 0 radical (unpaired) electrons. The molecule has 1 aromatic rings. The number of hydrogen-bond donors (Lipinski definition) is 2. The van der Waals surface area contributed by atoms with Crippen LogP contribution in [0.5, 0.6) is 5.75 Å². The highest BCUT2D eigenvalue weighted by Gasteiger charge is 2.25. The van der Waals surface area contributed by atoms with Crippen molar-refractivity contribution in [2.45, 2.75) is 37.4 Å². The molecule has 1 saturated heterocycles. The molecule has 1 amide bonds. The second kappa shape index (κ2) is 8.05. The van der Waals surface area contributed by atoms with Crippen LogP contribution in [-0.4, -0.2) is 57.6 Å². The quantitative estimate of drug-likeness (QED) is 0.688. The molecule has 1 heterocycles. The summed E-state index contributed by atoms with van der Waals surface area (Å²) in [6.45, 7) is -6.93. The number of anilines is 1. The Hall–Kier alpha value is -1.80. The molecule has 0 bridgehead atoms. The minimum Gasteiger partial charge on any atom is -0.496 e. The van der Waals surface area contributed by atoms with E-state index in [1.807, 2.05) is 5.32 Å². The summed E-state index contributed by atoms with van der Waals surface area (Å²) in [5, 5.41) is 2.02. The number of hydrogen-bond acceptors (Lipinski definition) is 6. The Morgan fingerprint density at radius 1 is 1.68 bits per heavy atom. The van der Waals surface area contributed by atoms with E-state index in [9.17, 15) is 13.2 Å². The van der Waals surface area contributed by atoms with E-state index in [4.69, 9.17) is 29.7 Å². The fourth-order valence-electron chi connectivity index (χ4n) is 2.02. The maximum Gasteiger partial charge on any atom is 0.255 e. The molecule has 3 N–H and O–H groups in total. The van der Waals surface area contributed by atoms with E-state index in [-0.39, 0.29) is 6.54 Å². The molecular weight excluding hydrogens is 342 g/mol. The van der Waals surface area contributed by atoms with Gasteiger partial charge in [-0.2, -0.15) is 0 Å². The maximum atomic E-state index is 13.2. The summed E-state index contributed by atoms with van der Waals surface area (Å²) in [4.78, 5) is 12.3. The Morgan fingerprint density at radius 3 is 3.08 bits per heavy atom. The van der Waals surface area contributed by atoms with Crippen molar-refractivity contribution in [2.75, 3.05) is 38.1 Å². The van der Waals surface area contributed by atoms with Crippen LogP contribution in [0.1, 0.15) is 56.1 Å².